The molecule has 0 bridgehead atoms. The summed E-state index contributed by atoms with van der Waals surface area (Å²) < 4.78 is 26.4. The summed E-state index contributed by atoms with van der Waals surface area (Å²) in [6.07, 6.45) is 3.69. The molecule has 0 spiro atoms. The first-order chi connectivity index (χ1) is 14.5. The Kier molecular flexibility index (Phi) is 5.63. The van der Waals surface area contributed by atoms with E-state index in [2.05, 4.69) is 27.1 Å². The van der Waals surface area contributed by atoms with E-state index in [9.17, 15) is 4.39 Å². The van der Waals surface area contributed by atoms with Gasteiger partial charge in [0.15, 0.2) is 11.6 Å². The molecule has 2 heterocycles. The average molecular weight is 406 g/mol. The zero-order valence-electron chi connectivity index (χ0n) is 17.2. The topological polar surface area (TPSA) is 56.3 Å². The van der Waals surface area contributed by atoms with E-state index in [0.717, 1.165) is 23.7 Å². The fourth-order valence-electron chi connectivity index (χ4n) is 3.33. The summed E-state index contributed by atoms with van der Waals surface area (Å²) in [5.74, 6) is 0.946. The van der Waals surface area contributed by atoms with Crippen molar-refractivity contribution in [2.45, 2.75) is 20.0 Å². The molecule has 0 saturated carbocycles. The van der Waals surface area contributed by atoms with Crippen LogP contribution in [0.4, 0.5) is 4.39 Å². The van der Waals surface area contributed by atoms with Crippen LogP contribution in [-0.4, -0.2) is 33.8 Å². The smallest absolute Gasteiger partial charge is 0.226 e. The zero-order valence-corrected chi connectivity index (χ0v) is 17.2. The third-order valence-corrected chi connectivity index (χ3v) is 4.84. The lowest BCUT2D eigenvalue weighted by atomic mass is 10.2. The quantitative estimate of drug-likeness (QED) is 0.448. The first-order valence-electron chi connectivity index (χ1n) is 9.61. The summed E-state index contributed by atoms with van der Waals surface area (Å²) in [6, 6.07) is 14.8. The number of oxazole rings is 1. The van der Waals surface area contributed by atoms with Crippen molar-refractivity contribution in [3.05, 3.63) is 83.8 Å². The molecular weight excluding hydrogens is 383 g/mol. The van der Waals surface area contributed by atoms with Crippen LogP contribution in [0.1, 0.15) is 17.0 Å². The number of nitrogens with zero attached hydrogens (tertiary/aromatic N) is 4. The molecule has 30 heavy (non-hydrogen) atoms. The maximum Gasteiger partial charge on any atom is 0.226 e. The van der Waals surface area contributed by atoms with Crippen LogP contribution in [0.15, 0.2) is 65.3 Å². The van der Waals surface area contributed by atoms with Crippen LogP contribution in [0.2, 0.25) is 0 Å². The van der Waals surface area contributed by atoms with Crippen molar-refractivity contribution >= 4 is 0 Å². The highest BCUT2D eigenvalue weighted by Gasteiger charge is 2.15. The second-order valence-corrected chi connectivity index (χ2v) is 7.16. The molecule has 0 radical (unpaired) electrons. The SMILES string of the molecule is COc1cc(-c2nc(CN(C)Cc3cccc(-n4cccn4)c3)c(C)o2)ccc1F. The minimum absolute atomic E-state index is 0.166. The molecule has 4 aromatic rings. The van der Waals surface area contributed by atoms with Gasteiger partial charge in [0.1, 0.15) is 5.76 Å². The number of rotatable bonds is 7. The van der Waals surface area contributed by atoms with Gasteiger partial charge in [-0.15, -0.1) is 0 Å². The molecule has 2 aromatic heterocycles. The number of aromatic nitrogens is 3. The van der Waals surface area contributed by atoms with E-state index >= 15 is 0 Å². The van der Waals surface area contributed by atoms with E-state index in [-0.39, 0.29) is 5.75 Å². The monoisotopic (exact) mass is 406 g/mol. The molecule has 6 nitrogen and oxygen atoms in total. The molecule has 0 fully saturated rings. The lowest BCUT2D eigenvalue weighted by Gasteiger charge is -2.16. The minimum Gasteiger partial charge on any atom is -0.494 e. The van der Waals surface area contributed by atoms with Crippen LogP contribution in [0.3, 0.4) is 0 Å². The highest BCUT2D eigenvalue weighted by molar-refractivity contribution is 5.56. The van der Waals surface area contributed by atoms with Crippen molar-refractivity contribution in [3.63, 3.8) is 0 Å². The fraction of sp³-hybridized carbons (Fsp3) is 0.217. The van der Waals surface area contributed by atoms with Crippen LogP contribution in [0, 0.1) is 12.7 Å². The van der Waals surface area contributed by atoms with Gasteiger partial charge < -0.3 is 9.15 Å². The maximum absolute atomic E-state index is 13.7. The van der Waals surface area contributed by atoms with Gasteiger partial charge in [0, 0.05) is 31.0 Å². The third kappa shape index (κ3) is 4.26. The van der Waals surface area contributed by atoms with E-state index in [4.69, 9.17) is 9.15 Å². The van der Waals surface area contributed by atoms with Gasteiger partial charge in [0.05, 0.1) is 18.5 Å². The lowest BCUT2D eigenvalue weighted by Crippen LogP contribution is -2.18. The fourth-order valence-corrected chi connectivity index (χ4v) is 3.33. The van der Waals surface area contributed by atoms with Crippen LogP contribution in [0.5, 0.6) is 5.75 Å². The number of hydrogen-bond acceptors (Lipinski definition) is 5. The van der Waals surface area contributed by atoms with E-state index in [0.29, 0.717) is 18.0 Å². The lowest BCUT2D eigenvalue weighted by molar-refractivity contribution is 0.313. The molecule has 4 rings (SSSR count). The van der Waals surface area contributed by atoms with Gasteiger partial charge in [-0.1, -0.05) is 12.1 Å². The number of ether oxygens (including phenoxy) is 1. The summed E-state index contributed by atoms with van der Waals surface area (Å²) in [4.78, 5) is 6.79. The van der Waals surface area contributed by atoms with Gasteiger partial charge >= 0.3 is 0 Å². The summed E-state index contributed by atoms with van der Waals surface area (Å²) in [6.45, 7) is 3.26. The Hall–Kier alpha value is -3.45. The molecule has 154 valence electrons. The Labute approximate surface area is 174 Å². The van der Waals surface area contributed by atoms with E-state index < -0.39 is 5.82 Å². The normalized spacial score (nSPS) is 11.2. The molecule has 0 aliphatic rings. The Morgan fingerprint density at radius 3 is 2.77 bits per heavy atom. The van der Waals surface area contributed by atoms with Crippen LogP contribution >= 0.6 is 0 Å². The number of hydrogen-bond donors (Lipinski definition) is 0. The molecule has 0 N–H and O–H groups in total. The summed E-state index contributed by atoms with van der Waals surface area (Å²) in [5, 5.41) is 4.28. The Balaban J connectivity index is 1.48. The van der Waals surface area contributed by atoms with Gasteiger partial charge in [-0.2, -0.15) is 5.10 Å². The molecular formula is C23H23FN4O2. The standard InChI is InChI=1S/C23H23FN4O2/c1-16-21(26-23(30-16)18-8-9-20(24)22(13-18)29-3)15-27(2)14-17-6-4-7-19(12-17)28-11-5-10-25-28/h4-13H,14-15H2,1-3H3. The number of halogens is 1. The molecule has 0 unspecified atom stereocenters. The third-order valence-electron chi connectivity index (χ3n) is 4.84. The Morgan fingerprint density at radius 1 is 1.13 bits per heavy atom. The predicted molar refractivity (Wildman–Crippen MR) is 112 cm³/mol. The Bertz CT molecular complexity index is 1140. The van der Waals surface area contributed by atoms with E-state index in [1.807, 2.05) is 43.0 Å². The van der Waals surface area contributed by atoms with E-state index in [1.165, 1.54) is 18.7 Å². The summed E-state index contributed by atoms with van der Waals surface area (Å²) >= 11 is 0. The average Bonchev–Trinajstić information content (AvgIpc) is 3.39. The largest absolute Gasteiger partial charge is 0.494 e. The first kappa shape index (κ1) is 19.8. The van der Waals surface area contributed by atoms with Crippen LogP contribution in [0.25, 0.3) is 17.1 Å². The Morgan fingerprint density at radius 2 is 2.00 bits per heavy atom. The second kappa shape index (κ2) is 8.51. The molecule has 2 aromatic carbocycles. The highest BCUT2D eigenvalue weighted by Crippen LogP contribution is 2.27. The summed E-state index contributed by atoms with van der Waals surface area (Å²) in [5.41, 5.74) is 3.72. The van der Waals surface area contributed by atoms with E-state index in [1.54, 1.807) is 18.3 Å². The number of aryl methyl sites for hydroxylation is 1. The number of benzene rings is 2. The van der Waals surface area contributed by atoms with Crippen molar-refractivity contribution in [2.75, 3.05) is 14.2 Å². The van der Waals surface area contributed by atoms with Crippen molar-refractivity contribution in [3.8, 4) is 22.9 Å². The molecule has 0 saturated heterocycles. The summed E-state index contributed by atoms with van der Waals surface area (Å²) in [7, 11) is 3.47. The van der Waals surface area contributed by atoms with Gasteiger partial charge in [-0.05, 0) is 55.9 Å². The predicted octanol–water partition coefficient (Wildman–Crippen LogP) is 4.62. The van der Waals surface area contributed by atoms with Gasteiger partial charge in [-0.3, -0.25) is 4.90 Å². The van der Waals surface area contributed by atoms with Gasteiger partial charge in [0.25, 0.3) is 0 Å². The zero-order chi connectivity index (χ0) is 21.1. The number of methoxy groups -OCH3 is 1. The van der Waals surface area contributed by atoms with Gasteiger partial charge in [-0.25, -0.2) is 14.1 Å². The van der Waals surface area contributed by atoms with Gasteiger partial charge in [0.2, 0.25) is 5.89 Å². The van der Waals surface area contributed by atoms with Crippen molar-refractivity contribution < 1.29 is 13.5 Å². The second-order valence-electron chi connectivity index (χ2n) is 7.16. The van der Waals surface area contributed by atoms with Crippen LogP contribution < -0.4 is 4.74 Å². The minimum atomic E-state index is -0.415. The van der Waals surface area contributed by atoms with Crippen molar-refractivity contribution in [2.24, 2.45) is 0 Å². The van der Waals surface area contributed by atoms with Crippen molar-refractivity contribution in [1.29, 1.82) is 0 Å². The van der Waals surface area contributed by atoms with Crippen LogP contribution in [-0.2, 0) is 13.1 Å². The highest BCUT2D eigenvalue weighted by atomic mass is 19.1. The molecule has 0 aliphatic heterocycles. The molecule has 0 aliphatic carbocycles. The van der Waals surface area contributed by atoms with Crippen molar-refractivity contribution in [1.82, 2.24) is 19.7 Å². The molecule has 7 heteroatoms. The first-order valence-corrected chi connectivity index (χ1v) is 9.61. The molecule has 0 atom stereocenters. The maximum atomic E-state index is 13.7. The molecule has 0 amide bonds.